The second-order valence-electron chi connectivity index (χ2n) is 7.88. The highest BCUT2D eigenvalue weighted by Gasteiger charge is 2.31. The number of hydrogen-bond donors (Lipinski definition) is 1. The van der Waals surface area contributed by atoms with Gasteiger partial charge in [0.15, 0.2) is 6.61 Å². The highest BCUT2D eigenvalue weighted by atomic mass is 32.1. The number of nitrogens with zero attached hydrogens (tertiary/aromatic N) is 3. The van der Waals surface area contributed by atoms with Crippen molar-refractivity contribution in [3.8, 4) is 0 Å². The Hall–Kier alpha value is -3.41. The summed E-state index contributed by atoms with van der Waals surface area (Å²) in [6.45, 7) is 4.06. The number of carbonyl (C=O) groups excluding carboxylic acids is 2. The number of esters is 1. The number of aromatic amines is 1. The number of ether oxygens (including phenoxy) is 1. The van der Waals surface area contributed by atoms with Crippen molar-refractivity contribution < 1.29 is 27.5 Å². The van der Waals surface area contributed by atoms with Crippen molar-refractivity contribution in [1.29, 1.82) is 0 Å². The summed E-state index contributed by atoms with van der Waals surface area (Å²) in [7, 11) is 0. The van der Waals surface area contributed by atoms with E-state index in [4.69, 9.17) is 4.74 Å². The highest BCUT2D eigenvalue weighted by Crippen LogP contribution is 2.32. The molecular formula is C22H21F3N4O4S. The monoisotopic (exact) mass is 494 g/mol. The van der Waals surface area contributed by atoms with Crippen LogP contribution in [0.2, 0.25) is 0 Å². The van der Waals surface area contributed by atoms with E-state index in [1.165, 1.54) is 11.0 Å². The van der Waals surface area contributed by atoms with Crippen LogP contribution in [0.15, 0.2) is 29.1 Å². The summed E-state index contributed by atoms with van der Waals surface area (Å²) in [4.78, 5) is 48.0. The molecule has 3 heterocycles. The van der Waals surface area contributed by atoms with Gasteiger partial charge in [0.25, 0.3) is 11.5 Å². The molecule has 0 atom stereocenters. The standard InChI is InChI=1S/C22H21F3N4O4S/c1-12-17-19(31)26-13(2)27-20(17)34-18(12)21(32)33-11-16(30)29-8-6-28(7-9-29)15-5-3-4-14(10-15)22(23,24)25/h3-5,10H,6-9,11H2,1-2H3,(H,26,27,31). The number of hydrogen-bond acceptors (Lipinski definition) is 7. The van der Waals surface area contributed by atoms with E-state index in [0.29, 0.717) is 40.4 Å². The lowest BCUT2D eigenvalue weighted by Gasteiger charge is -2.36. The molecule has 1 aliphatic rings. The van der Waals surface area contributed by atoms with E-state index in [2.05, 4.69) is 9.97 Å². The van der Waals surface area contributed by atoms with Crippen LogP contribution in [0, 0.1) is 13.8 Å². The summed E-state index contributed by atoms with van der Waals surface area (Å²) in [5, 5.41) is 0.319. The first-order valence-corrected chi connectivity index (χ1v) is 11.2. The molecule has 8 nitrogen and oxygen atoms in total. The fraction of sp³-hybridized carbons (Fsp3) is 0.364. The van der Waals surface area contributed by atoms with Gasteiger partial charge in [-0.2, -0.15) is 13.2 Å². The van der Waals surface area contributed by atoms with Crippen LogP contribution in [0.4, 0.5) is 18.9 Å². The van der Waals surface area contributed by atoms with E-state index < -0.39 is 30.2 Å². The Bertz CT molecular complexity index is 1310. The number of rotatable bonds is 4. The fourth-order valence-corrected chi connectivity index (χ4v) is 4.94. The topological polar surface area (TPSA) is 95.6 Å². The van der Waals surface area contributed by atoms with E-state index in [9.17, 15) is 27.6 Å². The SMILES string of the molecule is Cc1nc2sc(C(=O)OCC(=O)N3CCN(c4cccc(C(F)(F)F)c4)CC3)c(C)c2c(=O)[nH]1. The molecule has 0 unspecified atom stereocenters. The molecule has 0 bridgehead atoms. The first-order valence-electron chi connectivity index (χ1n) is 10.4. The minimum atomic E-state index is -4.42. The predicted octanol–water partition coefficient (Wildman–Crippen LogP) is 3.13. The number of aryl methyl sites for hydroxylation is 2. The summed E-state index contributed by atoms with van der Waals surface area (Å²) in [5.41, 5.74) is -0.183. The molecule has 1 aromatic carbocycles. The van der Waals surface area contributed by atoms with Gasteiger partial charge in [-0.3, -0.25) is 9.59 Å². The maximum atomic E-state index is 13.0. The average molecular weight is 494 g/mol. The van der Waals surface area contributed by atoms with Crippen LogP contribution < -0.4 is 10.5 Å². The largest absolute Gasteiger partial charge is 0.451 e. The molecule has 2 aromatic heterocycles. The molecule has 0 radical (unpaired) electrons. The van der Waals surface area contributed by atoms with Crippen LogP contribution >= 0.6 is 11.3 Å². The van der Waals surface area contributed by atoms with Crippen molar-refractivity contribution in [2.75, 3.05) is 37.7 Å². The van der Waals surface area contributed by atoms with Crippen LogP contribution in [0.5, 0.6) is 0 Å². The van der Waals surface area contributed by atoms with Crippen LogP contribution in [-0.4, -0.2) is 59.5 Å². The molecule has 0 spiro atoms. The van der Waals surface area contributed by atoms with Gasteiger partial charge in [-0.05, 0) is 37.6 Å². The summed E-state index contributed by atoms with van der Waals surface area (Å²) in [6.07, 6.45) is -4.42. The van der Waals surface area contributed by atoms with Gasteiger partial charge in [0.05, 0.1) is 10.9 Å². The van der Waals surface area contributed by atoms with E-state index >= 15 is 0 Å². The van der Waals surface area contributed by atoms with Gasteiger partial charge >= 0.3 is 12.1 Å². The molecule has 34 heavy (non-hydrogen) atoms. The van der Waals surface area contributed by atoms with Gasteiger partial charge in [0, 0.05) is 31.9 Å². The molecule has 1 saturated heterocycles. The second-order valence-corrected chi connectivity index (χ2v) is 8.88. The molecule has 180 valence electrons. The first-order chi connectivity index (χ1) is 16.0. The Morgan fingerprint density at radius 3 is 2.56 bits per heavy atom. The number of piperazine rings is 1. The van der Waals surface area contributed by atoms with Crippen molar-refractivity contribution >= 4 is 39.1 Å². The lowest BCUT2D eigenvalue weighted by molar-refractivity contribution is -0.137. The van der Waals surface area contributed by atoms with Crippen molar-refractivity contribution in [2.45, 2.75) is 20.0 Å². The van der Waals surface area contributed by atoms with Gasteiger partial charge < -0.3 is 19.5 Å². The maximum absolute atomic E-state index is 13.0. The van der Waals surface area contributed by atoms with Crippen molar-refractivity contribution in [3.05, 3.63) is 56.4 Å². The van der Waals surface area contributed by atoms with Gasteiger partial charge in [-0.15, -0.1) is 11.3 Å². The fourth-order valence-electron chi connectivity index (χ4n) is 3.82. The third-order valence-electron chi connectivity index (χ3n) is 5.60. The van der Waals surface area contributed by atoms with Gasteiger partial charge in [0.1, 0.15) is 15.5 Å². The molecule has 3 aromatic rings. The normalized spacial score (nSPS) is 14.5. The summed E-state index contributed by atoms with van der Waals surface area (Å²) >= 11 is 1.03. The number of anilines is 1. The number of thiophene rings is 1. The van der Waals surface area contributed by atoms with Crippen molar-refractivity contribution in [1.82, 2.24) is 14.9 Å². The Balaban J connectivity index is 1.35. The van der Waals surface area contributed by atoms with Gasteiger partial charge in [-0.1, -0.05) is 6.07 Å². The molecule has 12 heteroatoms. The van der Waals surface area contributed by atoms with E-state index in [-0.39, 0.29) is 23.5 Å². The summed E-state index contributed by atoms with van der Waals surface area (Å²) in [6, 6.07) is 5.07. The number of benzene rings is 1. The Morgan fingerprint density at radius 1 is 1.18 bits per heavy atom. The quantitative estimate of drug-likeness (QED) is 0.560. The number of H-pyrrole nitrogens is 1. The predicted molar refractivity (Wildman–Crippen MR) is 120 cm³/mol. The number of halogens is 3. The molecule has 1 fully saturated rings. The van der Waals surface area contributed by atoms with E-state index in [1.807, 2.05) is 0 Å². The van der Waals surface area contributed by atoms with E-state index in [1.54, 1.807) is 24.8 Å². The lowest BCUT2D eigenvalue weighted by atomic mass is 10.1. The minimum absolute atomic E-state index is 0.209. The first kappa shape index (κ1) is 23.7. The zero-order valence-corrected chi connectivity index (χ0v) is 19.2. The van der Waals surface area contributed by atoms with E-state index in [0.717, 1.165) is 23.5 Å². The number of nitrogens with one attached hydrogen (secondary N) is 1. The Morgan fingerprint density at radius 2 is 1.88 bits per heavy atom. The third-order valence-corrected chi connectivity index (χ3v) is 6.77. The lowest BCUT2D eigenvalue weighted by Crippen LogP contribution is -2.50. The zero-order chi connectivity index (χ0) is 24.6. The van der Waals surface area contributed by atoms with Crippen LogP contribution in [0.3, 0.4) is 0 Å². The molecule has 1 amide bonds. The highest BCUT2D eigenvalue weighted by molar-refractivity contribution is 7.20. The van der Waals surface area contributed by atoms with Crippen molar-refractivity contribution in [3.63, 3.8) is 0 Å². The van der Waals surface area contributed by atoms with Crippen LogP contribution in [0.1, 0.15) is 26.6 Å². The number of alkyl halides is 3. The smallest absolute Gasteiger partial charge is 0.416 e. The Kier molecular flexibility index (Phi) is 6.34. The number of fused-ring (bicyclic) bond motifs is 1. The number of amides is 1. The number of carbonyl (C=O) groups is 2. The second kappa shape index (κ2) is 9.09. The van der Waals surface area contributed by atoms with Crippen LogP contribution in [-0.2, 0) is 15.7 Å². The number of aromatic nitrogens is 2. The molecule has 1 aliphatic heterocycles. The van der Waals surface area contributed by atoms with Crippen molar-refractivity contribution in [2.24, 2.45) is 0 Å². The zero-order valence-electron chi connectivity index (χ0n) is 18.4. The third kappa shape index (κ3) is 4.76. The summed E-state index contributed by atoms with van der Waals surface area (Å²) < 4.78 is 44.1. The summed E-state index contributed by atoms with van der Waals surface area (Å²) in [5.74, 6) is -0.686. The molecular weight excluding hydrogens is 473 g/mol. The minimum Gasteiger partial charge on any atom is -0.451 e. The molecule has 4 rings (SSSR count). The molecule has 0 saturated carbocycles. The molecule has 1 N–H and O–H groups in total. The van der Waals surface area contributed by atoms with Gasteiger partial charge in [0.2, 0.25) is 0 Å². The maximum Gasteiger partial charge on any atom is 0.416 e. The average Bonchev–Trinajstić information content (AvgIpc) is 3.13. The molecule has 0 aliphatic carbocycles. The van der Waals surface area contributed by atoms with Gasteiger partial charge in [-0.25, -0.2) is 9.78 Å². The van der Waals surface area contributed by atoms with Crippen LogP contribution in [0.25, 0.3) is 10.2 Å². The Labute approximate surface area is 196 Å².